The van der Waals surface area contributed by atoms with E-state index in [-0.39, 0.29) is 55.0 Å². The predicted octanol–water partition coefficient (Wildman–Crippen LogP) is 1.36. The van der Waals surface area contributed by atoms with Crippen LogP contribution in [0.25, 0.3) is 0 Å². The van der Waals surface area contributed by atoms with Crippen LogP contribution in [0.5, 0.6) is 0 Å². The van der Waals surface area contributed by atoms with E-state index >= 15 is 0 Å². The quantitative estimate of drug-likeness (QED) is 0.468. The van der Waals surface area contributed by atoms with E-state index in [1.165, 1.54) is 17.3 Å². The van der Waals surface area contributed by atoms with Gasteiger partial charge in [-0.15, -0.1) is 24.8 Å². The lowest BCUT2D eigenvalue weighted by Gasteiger charge is -2.15. The van der Waals surface area contributed by atoms with Gasteiger partial charge in [0.1, 0.15) is 18.7 Å². The summed E-state index contributed by atoms with van der Waals surface area (Å²) in [7, 11) is 0. The van der Waals surface area contributed by atoms with E-state index in [0.717, 1.165) is 0 Å². The highest BCUT2D eigenvalue weighted by atomic mass is 35.5. The summed E-state index contributed by atoms with van der Waals surface area (Å²) in [6.07, 6.45) is 2.83. The summed E-state index contributed by atoms with van der Waals surface area (Å²) < 4.78 is 1.45. The predicted molar refractivity (Wildman–Crippen MR) is 119 cm³/mol. The molecule has 1 unspecified atom stereocenters. The van der Waals surface area contributed by atoms with Crippen LogP contribution in [0.4, 0.5) is 11.4 Å². The Morgan fingerprint density at radius 1 is 1.00 bits per heavy atom. The van der Waals surface area contributed by atoms with Gasteiger partial charge in [-0.1, -0.05) is 13.8 Å². The number of carbonyl (C=O) groups excluding carboxylic acids is 3. The van der Waals surface area contributed by atoms with Gasteiger partial charge in [0.25, 0.3) is 0 Å². The Morgan fingerprint density at radius 2 is 1.57 bits per heavy atom. The number of rotatable bonds is 8. The second-order valence-electron chi connectivity index (χ2n) is 6.65. The van der Waals surface area contributed by atoms with Crippen molar-refractivity contribution in [1.82, 2.24) is 20.1 Å². The molecule has 30 heavy (non-hydrogen) atoms. The number of hydrogen-bond acceptors (Lipinski definition) is 6. The molecule has 1 heterocycles. The first-order valence-corrected chi connectivity index (χ1v) is 8.86. The van der Waals surface area contributed by atoms with Gasteiger partial charge in [0.05, 0.1) is 12.6 Å². The molecule has 0 aliphatic heterocycles. The fraction of sp³-hybridized carbons (Fsp3) is 0.389. The molecule has 166 valence electrons. The summed E-state index contributed by atoms with van der Waals surface area (Å²) in [4.78, 5) is 39.7. The molecule has 0 aliphatic rings. The summed E-state index contributed by atoms with van der Waals surface area (Å²) >= 11 is 0. The molecule has 0 bridgehead atoms. The zero-order valence-electron chi connectivity index (χ0n) is 16.9. The molecule has 0 spiro atoms. The smallest absolute Gasteiger partial charge is 0.249 e. The maximum atomic E-state index is 12.2. The van der Waals surface area contributed by atoms with Crippen LogP contribution in [0, 0.1) is 5.92 Å². The molecule has 1 aromatic heterocycles. The standard InChI is InChI=1S/C18H25N7O3.2ClH/c1-11(2)16(19)18(28)21-8-15(26)23-13-4-6-14(7-5-13)24-17(27)12(3)25-10-20-9-22-25;;/h4-7,9-12,16H,8,19H2,1-3H3,(H,21,28)(H,23,26)(H,24,27);2*1H/t12?,16-;;/m0../s1. The van der Waals surface area contributed by atoms with Gasteiger partial charge in [-0.05, 0) is 37.1 Å². The van der Waals surface area contributed by atoms with Crippen LogP contribution in [0.15, 0.2) is 36.9 Å². The van der Waals surface area contributed by atoms with Crippen LogP contribution in [0.2, 0.25) is 0 Å². The Hall–Kier alpha value is -2.69. The van der Waals surface area contributed by atoms with E-state index in [9.17, 15) is 14.4 Å². The lowest BCUT2D eigenvalue weighted by Crippen LogP contribution is -2.46. The number of nitrogens with one attached hydrogen (secondary N) is 3. The summed E-state index contributed by atoms with van der Waals surface area (Å²) in [5.41, 5.74) is 6.83. The van der Waals surface area contributed by atoms with Gasteiger partial charge >= 0.3 is 0 Å². The average molecular weight is 460 g/mol. The third kappa shape index (κ3) is 7.97. The van der Waals surface area contributed by atoms with Crippen LogP contribution >= 0.6 is 24.8 Å². The Morgan fingerprint density at radius 3 is 2.07 bits per heavy atom. The van der Waals surface area contributed by atoms with Crippen molar-refractivity contribution in [3.63, 3.8) is 0 Å². The first kappa shape index (κ1) is 27.3. The Balaban J connectivity index is 0.00000420. The monoisotopic (exact) mass is 459 g/mol. The molecule has 0 fully saturated rings. The van der Waals surface area contributed by atoms with Gasteiger partial charge in [0, 0.05) is 11.4 Å². The van der Waals surface area contributed by atoms with Gasteiger partial charge in [-0.2, -0.15) is 5.10 Å². The highest BCUT2D eigenvalue weighted by Gasteiger charge is 2.18. The van der Waals surface area contributed by atoms with E-state index in [4.69, 9.17) is 5.73 Å². The largest absolute Gasteiger partial charge is 0.346 e. The second-order valence-corrected chi connectivity index (χ2v) is 6.65. The van der Waals surface area contributed by atoms with Crippen molar-refractivity contribution in [1.29, 1.82) is 0 Å². The highest BCUT2D eigenvalue weighted by Crippen LogP contribution is 2.15. The van der Waals surface area contributed by atoms with Gasteiger partial charge in [0.2, 0.25) is 17.7 Å². The molecule has 0 saturated carbocycles. The maximum Gasteiger partial charge on any atom is 0.249 e. The molecular weight excluding hydrogens is 433 g/mol. The van der Waals surface area contributed by atoms with E-state index in [2.05, 4.69) is 26.0 Å². The van der Waals surface area contributed by atoms with Crippen molar-refractivity contribution in [3.05, 3.63) is 36.9 Å². The SMILES string of the molecule is CC(C)[C@H](N)C(=O)NCC(=O)Nc1ccc(NC(=O)C(C)n2cncn2)cc1.Cl.Cl. The Bertz CT molecular complexity index is 814. The lowest BCUT2D eigenvalue weighted by atomic mass is 10.1. The van der Waals surface area contributed by atoms with Crippen LogP contribution in [0.1, 0.15) is 26.8 Å². The summed E-state index contributed by atoms with van der Waals surface area (Å²) in [5, 5.41) is 11.9. The zero-order chi connectivity index (χ0) is 20.7. The molecule has 5 N–H and O–H groups in total. The fourth-order valence-electron chi connectivity index (χ4n) is 2.21. The zero-order valence-corrected chi connectivity index (χ0v) is 18.5. The van der Waals surface area contributed by atoms with Crippen molar-refractivity contribution in [3.8, 4) is 0 Å². The van der Waals surface area contributed by atoms with Crippen molar-refractivity contribution in [2.45, 2.75) is 32.9 Å². The van der Waals surface area contributed by atoms with Crippen molar-refractivity contribution < 1.29 is 14.4 Å². The molecule has 2 rings (SSSR count). The first-order chi connectivity index (χ1) is 13.3. The molecule has 3 amide bonds. The number of nitrogens with two attached hydrogens (primary N) is 1. The molecule has 0 saturated heterocycles. The number of benzene rings is 1. The molecular formula is C18H27Cl2N7O3. The lowest BCUT2D eigenvalue weighted by molar-refractivity contribution is -0.125. The number of amides is 3. The Kier molecular flexibility index (Phi) is 11.6. The number of nitrogens with zero attached hydrogens (tertiary/aromatic N) is 3. The second kappa shape index (κ2) is 12.8. The van der Waals surface area contributed by atoms with Gasteiger partial charge in [-0.25, -0.2) is 9.67 Å². The van der Waals surface area contributed by atoms with Crippen molar-refractivity contribution >= 4 is 53.9 Å². The first-order valence-electron chi connectivity index (χ1n) is 8.86. The minimum atomic E-state index is -0.657. The van der Waals surface area contributed by atoms with Crippen LogP contribution in [-0.4, -0.2) is 45.1 Å². The molecule has 0 aliphatic carbocycles. The van der Waals surface area contributed by atoms with Crippen LogP contribution in [0.3, 0.4) is 0 Å². The molecule has 0 radical (unpaired) electrons. The number of anilines is 2. The van der Waals surface area contributed by atoms with E-state index in [1.54, 1.807) is 31.2 Å². The van der Waals surface area contributed by atoms with Crippen LogP contribution in [-0.2, 0) is 14.4 Å². The molecule has 1 aromatic carbocycles. The number of carbonyl (C=O) groups is 3. The van der Waals surface area contributed by atoms with E-state index in [1.807, 2.05) is 13.8 Å². The van der Waals surface area contributed by atoms with E-state index < -0.39 is 12.1 Å². The topological polar surface area (TPSA) is 144 Å². The van der Waals surface area contributed by atoms with Gasteiger partial charge < -0.3 is 21.7 Å². The molecule has 10 nitrogen and oxygen atoms in total. The summed E-state index contributed by atoms with van der Waals surface area (Å²) in [6.45, 7) is 5.19. The molecule has 2 atom stereocenters. The third-order valence-electron chi connectivity index (χ3n) is 4.09. The van der Waals surface area contributed by atoms with Gasteiger partial charge in [-0.3, -0.25) is 14.4 Å². The highest BCUT2D eigenvalue weighted by molar-refractivity contribution is 5.96. The molecule has 12 heteroatoms. The van der Waals surface area contributed by atoms with Gasteiger partial charge in [0.15, 0.2) is 0 Å². The Labute approximate surface area is 187 Å². The summed E-state index contributed by atoms with van der Waals surface area (Å²) in [5.74, 6) is -1.00. The molecule has 2 aromatic rings. The third-order valence-corrected chi connectivity index (χ3v) is 4.09. The minimum Gasteiger partial charge on any atom is -0.346 e. The van der Waals surface area contributed by atoms with Crippen molar-refractivity contribution in [2.24, 2.45) is 11.7 Å². The minimum absolute atomic E-state index is 0. The summed E-state index contributed by atoms with van der Waals surface area (Å²) in [6, 6.07) is 5.45. The average Bonchev–Trinajstić information content (AvgIpc) is 3.21. The van der Waals surface area contributed by atoms with Crippen molar-refractivity contribution in [2.75, 3.05) is 17.2 Å². The fourth-order valence-corrected chi connectivity index (χ4v) is 2.21. The van der Waals surface area contributed by atoms with E-state index in [0.29, 0.717) is 11.4 Å². The van der Waals surface area contributed by atoms with Crippen LogP contribution < -0.4 is 21.7 Å². The number of hydrogen-bond donors (Lipinski definition) is 4. The number of aromatic nitrogens is 3. The maximum absolute atomic E-state index is 12.2. The number of halogens is 2. The normalized spacial score (nSPS) is 12.0.